The zero-order valence-corrected chi connectivity index (χ0v) is 11.6. The third-order valence-electron chi connectivity index (χ3n) is 3.30. The Morgan fingerprint density at radius 2 is 2.29 bits per heavy atom. The lowest BCUT2D eigenvalue weighted by Crippen LogP contribution is -2.07. The smallest absolute Gasteiger partial charge is 0.333 e. The molecule has 1 aromatic heterocycles. The fourth-order valence-electron chi connectivity index (χ4n) is 2.37. The van der Waals surface area contributed by atoms with Gasteiger partial charge >= 0.3 is 5.69 Å². The molecule has 0 unspecified atom stereocenters. The van der Waals surface area contributed by atoms with E-state index in [9.17, 15) is 10.1 Å². The maximum atomic E-state index is 11.1. The summed E-state index contributed by atoms with van der Waals surface area (Å²) in [6, 6.07) is 5.56. The molecular formula is C13H14N4O4. The number of aryl methyl sites for hydroxylation is 2. The molecule has 1 N–H and O–H groups in total. The second kappa shape index (κ2) is 4.97. The van der Waals surface area contributed by atoms with Crippen molar-refractivity contribution in [2.75, 3.05) is 12.1 Å². The van der Waals surface area contributed by atoms with Crippen LogP contribution in [-0.2, 0) is 13.6 Å². The molecule has 2 aromatic rings. The number of fused-ring (bicyclic) bond motifs is 1. The second-order valence-corrected chi connectivity index (χ2v) is 4.67. The van der Waals surface area contributed by atoms with Crippen LogP contribution in [0, 0.1) is 17.0 Å². The van der Waals surface area contributed by atoms with Gasteiger partial charge in [0.05, 0.1) is 4.92 Å². The fraction of sp³-hybridized carbons (Fsp3) is 0.308. The van der Waals surface area contributed by atoms with Crippen LogP contribution in [0.5, 0.6) is 11.5 Å². The fourth-order valence-corrected chi connectivity index (χ4v) is 2.37. The lowest BCUT2D eigenvalue weighted by Gasteiger charge is -2.08. The third kappa shape index (κ3) is 2.24. The van der Waals surface area contributed by atoms with Gasteiger partial charge in [-0.25, -0.2) is 4.68 Å². The van der Waals surface area contributed by atoms with Crippen molar-refractivity contribution in [3.05, 3.63) is 39.6 Å². The van der Waals surface area contributed by atoms with E-state index in [0.29, 0.717) is 29.6 Å². The molecule has 0 bridgehead atoms. The van der Waals surface area contributed by atoms with E-state index in [1.54, 1.807) is 14.0 Å². The summed E-state index contributed by atoms with van der Waals surface area (Å²) in [6.07, 6.45) is 0. The molecule has 0 amide bonds. The third-order valence-corrected chi connectivity index (χ3v) is 3.30. The predicted molar refractivity (Wildman–Crippen MR) is 74.5 cm³/mol. The van der Waals surface area contributed by atoms with Crippen molar-refractivity contribution in [2.24, 2.45) is 7.05 Å². The molecule has 3 rings (SSSR count). The summed E-state index contributed by atoms with van der Waals surface area (Å²) in [4.78, 5) is 10.7. The Morgan fingerprint density at radius 1 is 1.48 bits per heavy atom. The Labute approximate surface area is 120 Å². The molecule has 0 saturated carbocycles. The van der Waals surface area contributed by atoms with E-state index in [2.05, 4.69) is 10.4 Å². The Morgan fingerprint density at radius 3 is 3.05 bits per heavy atom. The number of nitrogens with zero attached hydrogens (tertiary/aromatic N) is 3. The van der Waals surface area contributed by atoms with Crippen molar-refractivity contribution >= 4 is 11.5 Å². The molecule has 110 valence electrons. The van der Waals surface area contributed by atoms with E-state index >= 15 is 0 Å². The first-order valence-corrected chi connectivity index (χ1v) is 6.37. The minimum Gasteiger partial charge on any atom is -0.454 e. The normalized spacial score (nSPS) is 12.5. The summed E-state index contributed by atoms with van der Waals surface area (Å²) >= 11 is 0. The van der Waals surface area contributed by atoms with E-state index in [-0.39, 0.29) is 12.5 Å². The first-order chi connectivity index (χ1) is 10.1. The van der Waals surface area contributed by atoms with Crippen molar-refractivity contribution in [1.29, 1.82) is 0 Å². The average Bonchev–Trinajstić information content (AvgIpc) is 3.00. The molecule has 0 radical (unpaired) electrons. The minimum absolute atomic E-state index is 0.0118. The molecule has 0 spiro atoms. The molecule has 2 heterocycles. The van der Waals surface area contributed by atoms with Crippen LogP contribution in [-0.4, -0.2) is 21.5 Å². The lowest BCUT2D eigenvalue weighted by atomic mass is 10.2. The molecule has 1 aromatic carbocycles. The molecule has 21 heavy (non-hydrogen) atoms. The highest BCUT2D eigenvalue weighted by Gasteiger charge is 2.24. The summed E-state index contributed by atoms with van der Waals surface area (Å²) in [7, 11) is 1.66. The number of rotatable bonds is 4. The molecule has 0 aliphatic carbocycles. The topological polar surface area (TPSA) is 91.5 Å². The average molecular weight is 290 g/mol. The first kappa shape index (κ1) is 13.2. The van der Waals surface area contributed by atoms with Crippen molar-refractivity contribution in [1.82, 2.24) is 9.78 Å². The quantitative estimate of drug-likeness (QED) is 0.683. The standard InChI is InChI=1S/C13H14N4O4/c1-8-11(17(18)19)13(16(2)15-8)14-6-9-4-3-5-10-12(9)21-7-20-10/h3-5,14H,6-7H2,1-2H3. The number of ether oxygens (including phenoxy) is 2. The zero-order chi connectivity index (χ0) is 15.0. The highest BCUT2D eigenvalue weighted by molar-refractivity contribution is 5.60. The van der Waals surface area contributed by atoms with Crippen LogP contribution in [0.15, 0.2) is 18.2 Å². The molecule has 1 aliphatic rings. The van der Waals surface area contributed by atoms with Gasteiger partial charge in [0.1, 0.15) is 5.69 Å². The molecular weight excluding hydrogens is 276 g/mol. The van der Waals surface area contributed by atoms with Crippen LogP contribution >= 0.6 is 0 Å². The van der Waals surface area contributed by atoms with Gasteiger partial charge in [-0.15, -0.1) is 0 Å². The van der Waals surface area contributed by atoms with Gasteiger partial charge in [0, 0.05) is 19.2 Å². The number of benzene rings is 1. The van der Waals surface area contributed by atoms with Gasteiger partial charge in [0.15, 0.2) is 11.5 Å². The number of hydrogen-bond acceptors (Lipinski definition) is 6. The summed E-state index contributed by atoms with van der Waals surface area (Å²) in [5, 5.41) is 18.2. The number of anilines is 1. The number of aromatic nitrogens is 2. The van der Waals surface area contributed by atoms with E-state index in [1.807, 2.05) is 18.2 Å². The summed E-state index contributed by atoms with van der Waals surface area (Å²) in [5.41, 5.74) is 1.24. The van der Waals surface area contributed by atoms with Crippen LogP contribution in [0.3, 0.4) is 0 Å². The minimum atomic E-state index is -0.431. The summed E-state index contributed by atoms with van der Waals surface area (Å²) in [5.74, 6) is 1.73. The maximum absolute atomic E-state index is 11.1. The Bertz CT molecular complexity index is 710. The van der Waals surface area contributed by atoms with Gasteiger partial charge in [-0.3, -0.25) is 10.1 Å². The Hall–Kier alpha value is -2.77. The largest absolute Gasteiger partial charge is 0.454 e. The summed E-state index contributed by atoms with van der Waals surface area (Å²) < 4.78 is 12.2. The number of para-hydroxylation sites is 1. The van der Waals surface area contributed by atoms with Crippen LogP contribution in [0.4, 0.5) is 11.5 Å². The lowest BCUT2D eigenvalue weighted by molar-refractivity contribution is -0.384. The monoisotopic (exact) mass is 290 g/mol. The molecule has 8 nitrogen and oxygen atoms in total. The molecule has 0 saturated heterocycles. The van der Waals surface area contributed by atoms with Gasteiger partial charge in [-0.1, -0.05) is 12.1 Å². The number of hydrogen-bond donors (Lipinski definition) is 1. The highest BCUT2D eigenvalue weighted by atomic mass is 16.7. The van der Waals surface area contributed by atoms with Crippen molar-refractivity contribution in [3.8, 4) is 11.5 Å². The maximum Gasteiger partial charge on any atom is 0.333 e. The second-order valence-electron chi connectivity index (χ2n) is 4.67. The Balaban J connectivity index is 1.86. The molecule has 1 aliphatic heterocycles. The number of nitro groups is 1. The Kier molecular flexibility index (Phi) is 3.13. The SMILES string of the molecule is Cc1nn(C)c(NCc2cccc3c2OCO3)c1[N+](=O)[O-]. The number of nitrogens with one attached hydrogen (secondary N) is 1. The van der Waals surface area contributed by atoms with Crippen LogP contribution < -0.4 is 14.8 Å². The van der Waals surface area contributed by atoms with Gasteiger partial charge in [0.2, 0.25) is 12.6 Å². The molecule has 0 fully saturated rings. The van der Waals surface area contributed by atoms with E-state index in [0.717, 1.165) is 5.56 Å². The van der Waals surface area contributed by atoms with Gasteiger partial charge in [-0.2, -0.15) is 5.10 Å². The zero-order valence-electron chi connectivity index (χ0n) is 11.6. The molecule has 0 atom stereocenters. The van der Waals surface area contributed by atoms with Crippen LogP contribution in [0.2, 0.25) is 0 Å². The first-order valence-electron chi connectivity index (χ1n) is 6.37. The van der Waals surface area contributed by atoms with E-state index in [1.165, 1.54) is 4.68 Å². The highest BCUT2D eigenvalue weighted by Crippen LogP contribution is 2.36. The van der Waals surface area contributed by atoms with Gasteiger partial charge < -0.3 is 14.8 Å². The van der Waals surface area contributed by atoms with Crippen molar-refractivity contribution in [3.63, 3.8) is 0 Å². The predicted octanol–water partition coefficient (Wildman–Crippen LogP) is 1.98. The van der Waals surface area contributed by atoms with Crippen molar-refractivity contribution in [2.45, 2.75) is 13.5 Å². The molecule has 8 heteroatoms. The van der Waals surface area contributed by atoms with Crippen LogP contribution in [0.25, 0.3) is 0 Å². The van der Waals surface area contributed by atoms with Gasteiger partial charge in [0.25, 0.3) is 0 Å². The van der Waals surface area contributed by atoms with Crippen LogP contribution in [0.1, 0.15) is 11.3 Å². The van der Waals surface area contributed by atoms with E-state index < -0.39 is 4.92 Å². The summed E-state index contributed by atoms with van der Waals surface area (Å²) in [6.45, 7) is 2.18. The van der Waals surface area contributed by atoms with E-state index in [4.69, 9.17) is 9.47 Å². The van der Waals surface area contributed by atoms with Crippen molar-refractivity contribution < 1.29 is 14.4 Å². The van der Waals surface area contributed by atoms with Gasteiger partial charge in [-0.05, 0) is 13.0 Å².